The van der Waals surface area contributed by atoms with Crippen molar-refractivity contribution in [1.82, 2.24) is 24.8 Å². The van der Waals surface area contributed by atoms with Crippen LogP contribution in [0.5, 0.6) is 0 Å². The summed E-state index contributed by atoms with van der Waals surface area (Å²) < 4.78 is 0. The van der Waals surface area contributed by atoms with Crippen LogP contribution in [-0.2, 0) is 5.60 Å². The molecule has 0 aliphatic rings. The average molecular weight is 462 g/mol. The van der Waals surface area contributed by atoms with Gasteiger partial charge in [0.1, 0.15) is 22.8 Å². The number of aliphatic hydroxyl groups is 1. The Kier molecular flexibility index (Phi) is 6.60. The second-order valence-corrected chi connectivity index (χ2v) is 9.10. The number of fused-ring (bicyclic) bond motifs is 1. The van der Waals surface area contributed by atoms with Crippen molar-refractivity contribution in [1.29, 1.82) is 0 Å². The Hall–Kier alpha value is -3.45. The Balaban J connectivity index is 1.70. The Morgan fingerprint density at radius 2 is 2.00 bits per heavy atom. The molecule has 0 fully saturated rings. The molecule has 4 aromatic rings. The molecule has 0 aliphatic carbocycles. The van der Waals surface area contributed by atoms with Crippen LogP contribution in [0.1, 0.15) is 17.5 Å². The van der Waals surface area contributed by atoms with E-state index in [1.165, 1.54) is 17.7 Å². The maximum Gasteiger partial charge on any atom is 0.174 e. The molecule has 1 aromatic carbocycles. The van der Waals surface area contributed by atoms with E-state index in [0.29, 0.717) is 10.8 Å². The van der Waals surface area contributed by atoms with Gasteiger partial charge in [-0.3, -0.25) is 0 Å². The molecule has 0 radical (unpaired) electrons. The summed E-state index contributed by atoms with van der Waals surface area (Å²) in [4.78, 5) is 20.4. The van der Waals surface area contributed by atoms with E-state index in [2.05, 4.69) is 68.0 Å². The van der Waals surface area contributed by atoms with Crippen molar-refractivity contribution >= 4 is 39.6 Å². The molecule has 0 amide bonds. The largest absolute Gasteiger partial charge is 0.372 e. The number of hydrogen-bond donors (Lipinski definition) is 3. The van der Waals surface area contributed by atoms with Crippen molar-refractivity contribution < 1.29 is 5.11 Å². The van der Waals surface area contributed by atoms with E-state index in [4.69, 9.17) is 0 Å². The first-order chi connectivity index (χ1) is 15.8. The van der Waals surface area contributed by atoms with Crippen molar-refractivity contribution in [3.05, 3.63) is 58.9 Å². The molecule has 9 heteroatoms. The first-order valence-electron chi connectivity index (χ1n) is 10.5. The molecule has 1 atom stereocenters. The fourth-order valence-electron chi connectivity index (χ4n) is 3.33. The van der Waals surface area contributed by atoms with Crippen LogP contribution >= 0.6 is 11.3 Å². The van der Waals surface area contributed by atoms with E-state index in [-0.39, 0.29) is 0 Å². The Morgan fingerprint density at radius 3 is 2.76 bits per heavy atom. The lowest BCUT2D eigenvalue weighted by molar-refractivity contribution is 0.122. The maximum atomic E-state index is 10.7. The number of rotatable bonds is 7. The lowest BCUT2D eigenvalue weighted by atomic mass is 10.1. The van der Waals surface area contributed by atoms with Crippen LogP contribution in [0.2, 0.25) is 0 Å². The number of hydrogen-bond acceptors (Lipinski definition) is 8. The van der Waals surface area contributed by atoms with Crippen LogP contribution in [0.25, 0.3) is 11.0 Å². The number of likely N-dealkylation sites (N-methyl/N-ethyl adjacent to an activating group) is 2. The summed E-state index contributed by atoms with van der Waals surface area (Å²) in [7, 11) is 6.18. The molecular formula is C24H27N7OS. The van der Waals surface area contributed by atoms with Gasteiger partial charge in [0.2, 0.25) is 0 Å². The van der Waals surface area contributed by atoms with E-state index < -0.39 is 5.60 Å². The quantitative estimate of drug-likeness (QED) is 0.363. The van der Waals surface area contributed by atoms with Gasteiger partial charge in [0.15, 0.2) is 5.60 Å². The number of aromatic nitrogens is 4. The zero-order valence-electron chi connectivity index (χ0n) is 19.1. The third-order valence-corrected chi connectivity index (χ3v) is 6.18. The lowest BCUT2D eigenvalue weighted by Crippen LogP contribution is -2.28. The summed E-state index contributed by atoms with van der Waals surface area (Å²) >= 11 is 1.38. The highest BCUT2D eigenvalue weighted by Gasteiger charge is 2.23. The van der Waals surface area contributed by atoms with E-state index in [1.807, 2.05) is 35.8 Å². The number of benzene rings is 1. The second kappa shape index (κ2) is 9.58. The predicted molar refractivity (Wildman–Crippen MR) is 134 cm³/mol. The van der Waals surface area contributed by atoms with Crippen LogP contribution < -0.4 is 10.2 Å². The Labute approximate surface area is 197 Å². The van der Waals surface area contributed by atoms with Gasteiger partial charge in [0.25, 0.3) is 0 Å². The number of nitrogens with one attached hydrogen (secondary N) is 2. The zero-order valence-corrected chi connectivity index (χ0v) is 19.9. The zero-order chi connectivity index (χ0) is 23.4. The molecule has 3 N–H and O–H groups in total. The number of thiazole rings is 1. The molecule has 4 rings (SSSR count). The number of aromatic amines is 1. The first kappa shape index (κ1) is 22.7. The molecule has 3 heterocycles. The summed E-state index contributed by atoms with van der Waals surface area (Å²) in [5.41, 5.74) is 2.13. The second-order valence-electron chi connectivity index (χ2n) is 8.20. The van der Waals surface area contributed by atoms with Crippen LogP contribution in [0.3, 0.4) is 0 Å². The van der Waals surface area contributed by atoms with Gasteiger partial charge in [0, 0.05) is 43.5 Å². The van der Waals surface area contributed by atoms with Gasteiger partial charge in [0.05, 0.1) is 16.8 Å². The summed E-state index contributed by atoms with van der Waals surface area (Å²) in [5.74, 6) is 6.78. The highest BCUT2D eigenvalue weighted by molar-refractivity contribution is 7.09. The smallest absolute Gasteiger partial charge is 0.174 e. The Bertz CT molecular complexity index is 1290. The van der Waals surface area contributed by atoms with Gasteiger partial charge in [-0.2, -0.15) is 0 Å². The maximum absolute atomic E-state index is 10.7. The number of anilines is 3. The fourth-order valence-corrected chi connectivity index (χ4v) is 3.98. The summed E-state index contributed by atoms with van der Waals surface area (Å²) in [6.07, 6.45) is 5.04. The Morgan fingerprint density at radius 1 is 1.15 bits per heavy atom. The summed E-state index contributed by atoms with van der Waals surface area (Å²) in [6, 6.07) is 7.92. The van der Waals surface area contributed by atoms with Crippen LogP contribution in [0.4, 0.5) is 17.2 Å². The van der Waals surface area contributed by atoms with Crippen molar-refractivity contribution in [2.75, 3.05) is 44.4 Å². The van der Waals surface area contributed by atoms with Gasteiger partial charge in [-0.1, -0.05) is 11.8 Å². The molecule has 3 aromatic heterocycles. The van der Waals surface area contributed by atoms with Gasteiger partial charge in [-0.15, -0.1) is 11.3 Å². The van der Waals surface area contributed by atoms with Gasteiger partial charge in [-0.25, -0.2) is 15.0 Å². The minimum Gasteiger partial charge on any atom is -0.372 e. The lowest BCUT2D eigenvalue weighted by Gasteiger charge is -2.25. The molecule has 33 heavy (non-hydrogen) atoms. The van der Waals surface area contributed by atoms with Crippen LogP contribution in [-0.4, -0.2) is 64.2 Å². The molecule has 8 nitrogen and oxygen atoms in total. The van der Waals surface area contributed by atoms with Gasteiger partial charge < -0.3 is 25.2 Å². The van der Waals surface area contributed by atoms with E-state index in [1.54, 1.807) is 13.1 Å². The summed E-state index contributed by atoms with van der Waals surface area (Å²) in [5, 5.41) is 17.5. The van der Waals surface area contributed by atoms with E-state index in [9.17, 15) is 5.11 Å². The van der Waals surface area contributed by atoms with Crippen LogP contribution in [0.15, 0.2) is 48.4 Å². The molecule has 0 saturated carbocycles. The molecule has 1 unspecified atom stereocenters. The SMILES string of the molecule is CN(C)CCN(C)c1ccc(C#CC(C)(O)c2nccs2)cc1Nc1ncnc2[nH]ccc12. The minimum absolute atomic E-state index is 0.573. The number of H-pyrrole nitrogens is 1. The monoisotopic (exact) mass is 461 g/mol. The normalized spacial score (nSPS) is 12.9. The van der Waals surface area contributed by atoms with Gasteiger partial charge >= 0.3 is 0 Å². The summed E-state index contributed by atoms with van der Waals surface area (Å²) in [6.45, 7) is 3.43. The predicted octanol–water partition coefficient (Wildman–Crippen LogP) is 3.42. The standard InChI is InChI=1S/C24H27N7OS/c1-24(32,23-26-11-14-33-23)9-7-17-5-6-20(31(4)13-12-30(2)3)19(15-17)29-22-18-8-10-25-21(18)27-16-28-22/h5-6,8,10-11,14-16,32H,12-13H2,1-4H3,(H2,25,27,28,29). The molecular weight excluding hydrogens is 434 g/mol. The van der Waals surface area contributed by atoms with Crippen molar-refractivity contribution in [2.24, 2.45) is 0 Å². The van der Waals surface area contributed by atoms with E-state index in [0.717, 1.165) is 41.1 Å². The third-order valence-electron chi connectivity index (χ3n) is 5.20. The van der Waals surface area contributed by atoms with Crippen molar-refractivity contribution in [3.8, 4) is 11.8 Å². The minimum atomic E-state index is -1.31. The third kappa shape index (κ3) is 5.31. The van der Waals surface area contributed by atoms with Gasteiger partial charge in [-0.05, 0) is 45.3 Å². The molecule has 170 valence electrons. The molecule has 0 bridgehead atoms. The topological polar surface area (TPSA) is 93.2 Å². The van der Waals surface area contributed by atoms with E-state index >= 15 is 0 Å². The average Bonchev–Trinajstić information content (AvgIpc) is 3.49. The molecule has 0 spiro atoms. The first-order valence-corrected chi connectivity index (χ1v) is 11.4. The molecule has 0 aliphatic heterocycles. The highest BCUT2D eigenvalue weighted by atomic mass is 32.1. The van der Waals surface area contributed by atoms with Crippen molar-refractivity contribution in [3.63, 3.8) is 0 Å². The number of nitrogens with zero attached hydrogens (tertiary/aromatic N) is 5. The van der Waals surface area contributed by atoms with Crippen LogP contribution in [0, 0.1) is 11.8 Å². The van der Waals surface area contributed by atoms with Crippen molar-refractivity contribution in [2.45, 2.75) is 12.5 Å². The highest BCUT2D eigenvalue weighted by Crippen LogP contribution is 2.31. The molecule has 0 saturated heterocycles. The fraction of sp³-hybridized carbons (Fsp3) is 0.292.